The summed E-state index contributed by atoms with van der Waals surface area (Å²) in [6.45, 7) is 2.08. The number of hydrogen-bond acceptors (Lipinski definition) is 3. The van der Waals surface area contributed by atoms with Gasteiger partial charge in [0, 0.05) is 31.0 Å². The predicted octanol–water partition coefficient (Wildman–Crippen LogP) is 3.40. The third-order valence-corrected chi connectivity index (χ3v) is 5.09. The molecule has 0 radical (unpaired) electrons. The van der Waals surface area contributed by atoms with Gasteiger partial charge in [-0.2, -0.15) is 0 Å². The highest BCUT2D eigenvalue weighted by Gasteiger charge is 2.51. The Labute approximate surface area is 131 Å². The number of hydrogen-bond donors (Lipinski definition) is 0. The molecule has 0 N–H and O–H groups in total. The molecule has 0 spiro atoms. The van der Waals surface area contributed by atoms with E-state index >= 15 is 0 Å². The molecule has 2 atom stereocenters. The van der Waals surface area contributed by atoms with Crippen molar-refractivity contribution in [2.75, 3.05) is 27.2 Å². The molecule has 2 heterocycles. The number of ether oxygens (including phenoxy) is 2. The van der Waals surface area contributed by atoms with Crippen molar-refractivity contribution < 1.29 is 9.47 Å². The van der Waals surface area contributed by atoms with Crippen LogP contribution in [0.25, 0.3) is 0 Å². The molecule has 3 heteroatoms. The minimum Gasteiger partial charge on any atom is -0.497 e. The van der Waals surface area contributed by atoms with Crippen LogP contribution in [0.1, 0.15) is 23.5 Å². The highest BCUT2D eigenvalue weighted by molar-refractivity contribution is 5.48. The Balaban J connectivity index is 1.80. The van der Waals surface area contributed by atoms with Gasteiger partial charge in [0.1, 0.15) is 17.1 Å². The van der Waals surface area contributed by atoms with Gasteiger partial charge in [0.2, 0.25) is 0 Å². The fraction of sp³-hybridized carbons (Fsp3) is 0.368. The zero-order valence-electron chi connectivity index (χ0n) is 13.1. The van der Waals surface area contributed by atoms with E-state index in [0.29, 0.717) is 5.92 Å². The molecule has 0 bridgehead atoms. The Morgan fingerprint density at radius 3 is 2.68 bits per heavy atom. The number of nitrogens with zero attached hydrogens (tertiary/aromatic N) is 1. The second kappa shape index (κ2) is 5.03. The summed E-state index contributed by atoms with van der Waals surface area (Å²) in [7, 11) is 3.90. The van der Waals surface area contributed by atoms with Gasteiger partial charge in [-0.25, -0.2) is 0 Å². The van der Waals surface area contributed by atoms with Crippen molar-refractivity contribution >= 4 is 0 Å². The number of para-hydroxylation sites is 1. The van der Waals surface area contributed by atoms with Crippen LogP contribution in [-0.2, 0) is 5.60 Å². The molecule has 0 saturated carbocycles. The Kier molecular flexibility index (Phi) is 3.12. The normalized spacial score (nSPS) is 26.9. The monoisotopic (exact) mass is 295 g/mol. The van der Waals surface area contributed by atoms with Crippen LogP contribution < -0.4 is 9.47 Å². The van der Waals surface area contributed by atoms with E-state index < -0.39 is 0 Å². The number of rotatable bonds is 2. The highest BCUT2D eigenvalue weighted by Crippen LogP contribution is 2.54. The topological polar surface area (TPSA) is 21.7 Å². The predicted molar refractivity (Wildman–Crippen MR) is 86.6 cm³/mol. The van der Waals surface area contributed by atoms with Crippen LogP contribution in [0.4, 0.5) is 0 Å². The van der Waals surface area contributed by atoms with Crippen molar-refractivity contribution in [3.8, 4) is 11.5 Å². The second-order valence-corrected chi connectivity index (χ2v) is 6.32. The van der Waals surface area contributed by atoms with Gasteiger partial charge in [-0.05, 0) is 30.8 Å². The first-order valence-corrected chi connectivity index (χ1v) is 7.84. The van der Waals surface area contributed by atoms with Gasteiger partial charge in [0.05, 0.1) is 7.11 Å². The average Bonchev–Trinajstić information content (AvgIpc) is 2.90. The molecule has 0 aromatic heterocycles. The summed E-state index contributed by atoms with van der Waals surface area (Å²) < 4.78 is 11.8. The standard InChI is InChI=1S/C19H21NO2/c1-20-12-11-19(14-7-9-15(21-2)10-8-14)17(13-20)16-5-3-4-6-18(16)22-19/h3-10,17H,11-13H2,1-2H3/t17-,19+/m0/s1. The minimum atomic E-state index is -0.234. The molecule has 2 aromatic carbocycles. The molecule has 22 heavy (non-hydrogen) atoms. The lowest BCUT2D eigenvalue weighted by molar-refractivity contribution is 0.00700. The van der Waals surface area contributed by atoms with Gasteiger partial charge < -0.3 is 14.4 Å². The third-order valence-electron chi connectivity index (χ3n) is 5.09. The van der Waals surface area contributed by atoms with Gasteiger partial charge in [0.15, 0.2) is 0 Å². The molecular formula is C19H21NO2. The molecule has 2 aliphatic rings. The van der Waals surface area contributed by atoms with Crippen LogP contribution in [0, 0.1) is 0 Å². The molecule has 0 amide bonds. The molecule has 3 nitrogen and oxygen atoms in total. The summed E-state index contributed by atoms with van der Waals surface area (Å²) in [6.07, 6.45) is 1.01. The molecule has 1 saturated heterocycles. The van der Waals surface area contributed by atoms with Crippen molar-refractivity contribution in [2.45, 2.75) is 17.9 Å². The zero-order chi connectivity index (χ0) is 15.2. The van der Waals surface area contributed by atoms with Crippen molar-refractivity contribution in [2.24, 2.45) is 0 Å². The molecule has 0 unspecified atom stereocenters. The molecular weight excluding hydrogens is 274 g/mol. The van der Waals surface area contributed by atoms with Gasteiger partial charge in [-0.15, -0.1) is 0 Å². The smallest absolute Gasteiger partial charge is 0.143 e. The molecule has 2 aliphatic heterocycles. The van der Waals surface area contributed by atoms with Crippen molar-refractivity contribution in [1.29, 1.82) is 0 Å². The average molecular weight is 295 g/mol. The van der Waals surface area contributed by atoms with E-state index in [1.165, 1.54) is 11.1 Å². The van der Waals surface area contributed by atoms with E-state index in [2.05, 4.69) is 48.3 Å². The van der Waals surface area contributed by atoms with Crippen LogP contribution in [0.3, 0.4) is 0 Å². The van der Waals surface area contributed by atoms with Crippen molar-refractivity contribution in [3.05, 3.63) is 59.7 Å². The van der Waals surface area contributed by atoms with E-state index in [0.717, 1.165) is 31.0 Å². The first-order valence-electron chi connectivity index (χ1n) is 7.84. The maximum atomic E-state index is 6.54. The SMILES string of the molecule is COc1ccc([C@]23CCN(C)C[C@H]2c2ccccc2O3)cc1. The molecule has 4 rings (SSSR count). The van der Waals surface area contributed by atoms with E-state index in [4.69, 9.17) is 9.47 Å². The highest BCUT2D eigenvalue weighted by atomic mass is 16.5. The fourth-order valence-corrected chi connectivity index (χ4v) is 3.89. The fourth-order valence-electron chi connectivity index (χ4n) is 3.89. The van der Waals surface area contributed by atoms with E-state index in [1.807, 2.05) is 12.1 Å². The van der Waals surface area contributed by atoms with E-state index in [-0.39, 0.29) is 5.60 Å². The minimum absolute atomic E-state index is 0.234. The first kappa shape index (κ1) is 13.6. The number of likely N-dealkylation sites (N-methyl/N-ethyl adjacent to an activating group) is 1. The van der Waals surface area contributed by atoms with Crippen LogP contribution in [0.5, 0.6) is 11.5 Å². The Morgan fingerprint density at radius 2 is 1.91 bits per heavy atom. The lowest BCUT2D eigenvalue weighted by Crippen LogP contribution is -2.47. The summed E-state index contributed by atoms with van der Waals surface area (Å²) in [5.74, 6) is 2.31. The molecule has 1 fully saturated rings. The first-order chi connectivity index (χ1) is 10.7. The molecule has 114 valence electrons. The molecule has 0 aliphatic carbocycles. The van der Waals surface area contributed by atoms with Crippen molar-refractivity contribution in [1.82, 2.24) is 4.90 Å². The van der Waals surface area contributed by atoms with Gasteiger partial charge in [-0.1, -0.05) is 30.3 Å². The van der Waals surface area contributed by atoms with E-state index in [1.54, 1.807) is 7.11 Å². The Morgan fingerprint density at radius 1 is 1.14 bits per heavy atom. The van der Waals surface area contributed by atoms with Crippen LogP contribution in [0.2, 0.25) is 0 Å². The molecule has 2 aromatic rings. The maximum absolute atomic E-state index is 6.54. The summed E-state index contributed by atoms with van der Waals surface area (Å²) >= 11 is 0. The third kappa shape index (κ3) is 1.92. The van der Waals surface area contributed by atoms with Crippen LogP contribution >= 0.6 is 0 Å². The van der Waals surface area contributed by atoms with E-state index in [9.17, 15) is 0 Å². The Bertz CT molecular complexity index is 682. The number of benzene rings is 2. The summed E-state index contributed by atoms with van der Waals surface area (Å²) in [5.41, 5.74) is 2.36. The quantitative estimate of drug-likeness (QED) is 0.847. The van der Waals surface area contributed by atoms with Crippen LogP contribution in [0.15, 0.2) is 48.5 Å². The van der Waals surface area contributed by atoms with Gasteiger partial charge in [0.25, 0.3) is 0 Å². The number of methoxy groups -OCH3 is 1. The lowest BCUT2D eigenvalue weighted by atomic mass is 9.74. The van der Waals surface area contributed by atoms with Crippen LogP contribution in [-0.4, -0.2) is 32.1 Å². The maximum Gasteiger partial charge on any atom is 0.143 e. The largest absolute Gasteiger partial charge is 0.497 e. The summed E-state index contributed by atoms with van der Waals surface area (Å²) in [6, 6.07) is 16.9. The zero-order valence-corrected chi connectivity index (χ0v) is 13.1. The van der Waals surface area contributed by atoms with Gasteiger partial charge >= 0.3 is 0 Å². The number of likely N-dealkylation sites (tertiary alicyclic amines) is 1. The van der Waals surface area contributed by atoms with Gasteiger partial charge in [-0.3, -0.25) is 0 Å². The second-order valence-electron chi connectivity index (χ2n) is 6.32. The number of fused-ring (bicyclic) bond motifs is 3. The lowest BCUT2D eigenvalue weighted by Gasteiger charge is -2.42. The summed E-state index contributed by atoms with van der Waals surface area (Å²) in [5, 5.41) is 0. The summed E-state index contributed by atoms with van der Waals surface area (Å²) in [4.78, 5) is 2.40. The number of piperidine rings is 1. The Hall–Kier alpha value is -2.00. The van der Waals surface area contributed by atoms with Crippen molar-refractivity contribution in [3.63, 3.8) is 0 Å².